The molecule has 0 fully saturated rings. The summed E-state index contributed by atoms with van der Waals surface area (Å²) in [7, 11) is -0.892. The monoisotopic (exact) mass is 536 g/mol. The number of carbonyl (C=O) groups is 1. The molecule has 0 bridgehead atoms. The van der Waals surface area contributed by atoms with Gasteiger partial charge in [0.2, 0.25) is 10.0 Å². The van der Waals surface area contributed by atoms with Crippen molar-refractivity contribution in [2.24, 2.45) is 11.1 Å². The summed E-state index contributed by atoms with van der Waals surface area (Å²) in [5, 5.41) is 21.2. The molecule has 1 unspecified atom stereocenters. The Kier molecular flexibility index (Phi) is 10.5. The number of hydrogen-bond donors (Lipinski definition) is 3. The number of nitrogens with two attached hydrogens (primary N) is 1. The number of methoxy groups -OCH3 is 2. The number of hydrogen-bond acceptors (Lipinski definition) is 7. The Morgan fingerprint density at radius 3 is 2.39 bits per heavy atom. The molecule has 0 saturated carbocycles. The lowest BCUT2D eigenvalue weighted by Gasteiger charge is -2.32. The normalized spacial score (nSPS) is 13.1. The molecule has 4 N–H and O–H groups in total. The number of benzene rings is 2. The maximum absolute atomic E-state index is 12.4. The van der Waals surface area contributed by atoms with Crippen LogP contribution in [-0.4, -0.2) is 48.2 Å². The van der Waals surface area contributed by atoms with E-state index >= 15 is 0 Å². The highest BCUT2D eigenvalue weighted by Crippen LogP contribution is 2.40. The molecule has 2 rings (SSSR count). The van der Waals surface area contributed by atoms with E-state index in [-0.39, 0.29) is 21.4 Å². The fourth-order valence-electron chi connectivity index (χ4n) is 3.98. The highest BCUT2D eigenvalue weighted by Gasteiger charge is 2.36. The fourth-order valence-corrected chi connectivity index (χ4v) is 5.05. The zero-order chi connectivity index (χ0) is 26.9. The molecule has 0 spiro atoms. The summed E-state index contributed by atoms with van der Waals surface area (Å²) in [6.45, 7) is 5.53. The zero-order valence-electron chi connectivity index (χ0n) is 20.9. The van der Waals surface area contributed by atoms with Crippen molar-refractivity contribution in [3.8, 4) is 17.6 Å². The largest absolute Gasteiger partial charge is 0.493 e. The van der Waals surface area contributed by atoms with Crippen molar-refractivity contribution in [2.45, 2.75) is 37.0 Å². The Morgan fingerprint density at radius 1 is 1.11 bits per heavy atom. The lowest BCUT2D eigenvalue weighted by Crippen LogP contribution is -2.34. The molecule has 0 aromatic heterocycles. The van der Waals surface area contributed by atoms with Gasteiger partial charge in [-0.05, 0) is 61.2 Å². The van der Waals surface area contributed by atoms with Crippen LogP contribution in [0.15, 0.2) is 41.3 Å². The van der Waals surface area contributed by atoms with Gasteiger partial charge in [0.25, 0.3) is 5.91 Å². The van der Waals surface area contributed by atoms with Gasteiger partial charge < -0.3 is 20.1 Å². The smallest absolute Gasteiger partial charge is 0.251 e. The van der Waals surface area contributed by atoms with E-state index in [0.29, 0.717) is 37.6 Å². The van der Waals surface area contributed by atoms with Crippen molar-refractivity contribution in [2.75, 3.05) is 33.9 Å². The lowest BCUT2D eigenvalue weighted by atomic mass is 9.70. The van der Waals surface area contributed by atoms with Gasteiger partial charge in [-0.25, -0.2) is 13.6 Å². The van der Waals surface area contributed by atoms with Gasteiger partial charge in [0.1, 0.15) is 4.90 Å². The first-order valence-electron chi connectivity index (χ1n) is 11.4. The lowest BCUT2D eigenvalue weighted by molar-refractivity contribution is 0.0953. The third-order valence-electron chi connectivity index (χ3n) is 6.10. The summed E-state index contributed by atoms with van der Waals surface area (Å²) < 4.78 is 33.9. The van der Waals surface area contributed by atoms with Crippen LogP contribution in [0, 0.1) is 17.2 Å². The van der Waals surface area contributed by atoms with Gasteiger partial charge in [-0.2, -0.15) is 5.26 Å². The molecule has 0 aliphatic carbocycles. The minimum absolute atomic E-state index is 0.0429. The average molecular weight is 537 g/mol. The van der Waals surface area contributed by atoms with E-state index in [1.54, 1.807) is 14.2 Å². The van der Waals surface area contributed by atoms with Crippen LogP contribution in [0.25, 0.3) is 0 Å². The van der Waals surface area contributed by atoms with Crippen LogP contribution in [0.4, 0.5) is 0 Å². The van der Waals surface area contributed by atoms with Crippen LogP contribution < -0.4 is 25.2 Å². The van der Waals surface area contributed by atoms with Crippen LogP contribution in [0.5, 0.6) is 11.5 Å². The highest BCUT2D eigenvalue weighted by atomic mass is 35.5. The summed E-state index contributed by atoms with van der Waals surface area (Å²) in [6, 6.07) is 12.0. The minimum atomic E-state index is -4.03. The molecule has 2 aromatic rings. The van der Waals surface area contributed by atoms with E-state index in [1.165, 1.54) is 12.1 Å². The molecule has 9 nitrogen and oxygen atoms in total. The summed E-state index contributed by atoms with van der Waals surface area (Å²) in [5.41, 5.74) is 0.339. The number of ether oxygens (including phenoxy) is 2. The number of primary sulfonamides is 1. The number of rotatable bonds is 13. The van der Waals surface area contributed by atoms with E-state index in [9.17, 15) is 18.5 Å². The number of carbonyl (C=O) groups excluding carboxylic acids is 1. The molecule has 36 heavy (non-hydrogen) atoms. The molecule has 0 heterocycles. The number of halogens is 1. The predicted octanol–water partition coefficient (Wildman–Crippen LogP) is 3.22. The first kappa shape index (κ1) is 29.4. The maximum Gasteiger partial charge on any atom is 0.251 e. The average Bonchev–Trinajstić information content (AvgIpc) is 2.84. The van der Waals surface area contributed by atoms with Crippen molar-refractivity contribution in [3.63, 3.8) is 0 Å². The quantitative estimate of drug-likeness (QED) is 0.333. The summed E-state index contributed by atoms with van der Waals surface area (Å²) in [4.78, 5) is 12.1. The SMILES string of the molecule is COc1ccc(C(C#N)(CCCNCCNC(=O)c2ccc(Cl)c(S(N)(=O)=O)c2)C(C)C)cc1OC. The molecule has 0 radical (unpaired) electrons. The molecule has 0 aliphatic heterocycles. The van der Waals surface area contributed by atoms with Crippen molar-refractivity contribution < 1.29 is 22.7 Å². The first-order chi connectivity index (χ1) is 17.0. The van der Waals surface area contributed by atoms with Crippen molar-refractivity contribution in [1.29, 1.82) is 5.26 Å². The molecular formula is C25H33ClN4O5S. The Balaban J connectivity index is 1.90. The molecule has 2 aromatic carbocycles. The summed E-state index contributed by atoms with van der Waals surface area (Å²) >= 11 is 5.86. The standard InChI is InChI=1S/C25H33ClN4O5S/c1-17(2)25(16-27,19-7-9-21(34-3)22(15-19)35-4)10-5-11-29-12-13-30-24(31)18-6-8-20(26)23(14-18)36(28,32)33/h6-9,14-15,17,29H,5,10-13H2,1-4H3,(H,30,31)(H2,28,32,33). The van der Waals surface area contributed by atoms with E-state index in [0.717, 1.165) is 18.1 Å². The van der Waals surface area contributed by atoms with Crippen molar-refractivity contribution >= 4 is 27.5 Å². The molecule has 1 atom stereocenters. The Bertz CT molecular complexity index is 1210. The van der Waals surface area contributed by atoms with Crippen molar-refractivity contribution in [1.82, 2.24) is 10.6 Å². The highest BCUT2D eigenvalue weighted by molar-refractivity contribution is 7.89. The van der Waals surface area contributed by atoms with Crippen molar-refractivity contribution in [3.05, 3.63) is 52.5 Å². The maximum atomic E-state index is 12.4. The van der Waals surface area contributed by atoms with Crippen LogP contribution >= 0.6 is 11.6 Å². The summed E-state index contributed by atoms with van der Waals surface area (Å²) in [6.07, 6.45) is 1.38. The van der Waals surface area contributed by atoms with Crippen LogP contribution in [-0.2, 0) is 15.4 Å². The minimum Gasteiger partial charge on any atom is -0.493 e. The second-order valence-corrected chi connectivity index (χ2v) is 10.5. The number of nitrogens with one attached hydrogen (secondary N) is 2. The molecule has 1 amide bonds. The van der Waals surface area contributed by atoms with Crippen LogP contribution in [0.1, 0.15) is 42.6 Å². The number of amides is 1. The molecule has 11 heteroatoms. The Hall–Kier alpha value is -2.84. The second-order valence-electron chi connectivity index (χ2n) is 8.61. The number of nitriles is 1. The van der Waals surface area contributed by atoms with Gasteiger partial charge in [0.05, 0.1) is 30.7 Å². The van der Waals surface area contributed by atoms with E-state index in [1.807, 2.05) is 32.0 Å². The molecule has 196 valence electrons. The number of sulfonamides is 1. The topological polar surface area (TPSA) is 144 Å². The van der Waals surface area contributed by atoms with Gasteiger partial charge >= 0.3 is 0 Å². The molecule has 0 saturated heterocycles. The van der Waals surface area contributed by atoms with Gasteiger partial charge in [-0.15, -0.1) is 0 Å². The second kappa shape index (κ2) is 12.9. The third-order valence-corrected chi connectivity index (χ3v) is 7.49. The Morgan fingerprint density at radius 2 is 1.81 bits per heavy atom. The van der Waals surface area contributed by atoms with Crippen LogP contribution in [0.2, 0.25) is 5.02 Å². The number of nitrogens with zero attached hydrogens (tertiary/aromatic N) is 1. The zero-order valence-corrected chi connectivity index (χ0v) is 22.5. The van der Waals surface area contributed by atoms with E-state index in [4.69, 9.17) is 26.2 Å². The van der Waals surface area contributed by atoms with E-state index in [2.05, 4.69) is 16.7 Å². The van der Waals surface area contributed by atoms with Gasteiger partial charge in [0, 0.05) is 18.7 Å². The van der Waals surface area contributed by atoms with Crippen LogP contribution in [0.3, 0.4) is 0 Å². The summed E-state index contributed by atoms with van der Waals surface area (Å²) in [5.74, 6) is 0.831. The molecule has 0 aliphatic rings. The fraction of sp³-hybridized carbons (Fsp3) is 0.440. The predicted molar refractivity (Wildman–Crippen MR) is 139 cm³/mol. The van der Waals surface area contributed by atoms with Gasteiger partial charge in [0.15, 0.2) is 11.5 Å². The molecular weight excluding hydrogens is 504 g/mol. The van der Waals surface area contributed by atoms with Gasteiger partial charge in [-0.3, -0.25) is 4.79 Å². The Labute approximate surface area is 218 Å². The van der Waals surface area contributed by atoms with E-state index < -0.39 is 21.3 Å². The van der Waals surface area contributed by atoms with Gasteiger partial charge in [-0.1, -0.05) is 31.5 Å². The third kappa shape index (κ3) is 7.11. The first-order valence-corrected chi connectivity index (χ1v) is 13.4.